The molecule has 1 rings (SSSR count). The molecule has 1 atom stereocenters. The van der Waals surface area contributed by atoms with E-state index >= 15 is 0 Å². The van der Waals surface area contributed by atoms with Crippen molar-refractivity contribution >= 4 is 5.82 Å². The van der Waals surface area contributed by atoms with Gasteiger partial charge in [0.2, 0.25) is 0 Å². The summed E-state index contributed by atoms with van der Waals surface area (Å²) in [4.78, 5) is 7.58. The Morgan fingerprint density at radius 2 is 2.31 bits per heavy atom. The van der Waals surface area contributed by atoms with Crippen LogP contribution >= 0.6 is 0 Å². The molecule has 0 amide bonds. The van der Waals surface area contributed by atoms with Gasteiger partial charge in [0.1, 0.15) is 6.33 Å². The summed E-state index contributed by atoms with van der Waals surface area (Å²) in [6, 6.07) is 0. The number of hydrogen-bond donors (Lipinski definition) is 2. The molecular weight excluding hydrogens is 213 g/mol. The van der Waals surface area contributed by atoms with Gasteiger partial charge in [-0.05, 0) is 6.42 Å². The lowest BCUT2D eigenvalue weighted by atomic mass is 10.3. The van der Waals surface area contributed by atoms with Crippen LogP contribution in [0.2, 0.25) is 0 Å². The second kappa shape index (κ2) is 6.34. The minimum absolute atomic E-state index is 0.113. The second-order valence-electron chi connectivity index (χ2n) is 3.33. The lowest BCUT2D eigenvalue weighted by Gasteiger charge is -2.12. The second-order valence-corrected chi connectivity index (χ2v) is 3.33. The summed E-state index contributed by atoms with van der Waals surface area (Å²) in [6.07, 6.45) is 1.11. The molecule has 1 aromatic rings. The van der Waals surface area contributed by atoms with Crippen molar-refractivity contribution in [2.75, 3.05) is 25.6 Å². The summed E-state index contributed by atoms with van der Waals surface area (Å²) < 4.78 is 18.4. The first kappa shape index (κ1) is 12.8. The Kier molecular flexibility index (Phi) is 5.07. The van der Waals surface area contributed by atoms with Crippen LogP contribution in [0.3, 0.4) is 0 Å². The number of aromatic nitrogens is 2. The Balaban J connectivity index is 2.60. The summed E-state index contributed by atoms with van der Waals surface area (Å²) in [5.41, 5.74) is 0.360. The van der Waals surface area contributed by atoms with Crippen LogP contribution in [-0.4, -0.2) is 41.4 Å². The van der Waals surface area contributed by atoms with Crippen molar-refractivity contribution in [3.05, 3.63) is 17.8 Å². The monoisotopic (exact) mass is 229 g/mol. The number of nitrogens with zero attached hydrogens (tertiary/aromatic N) is 2. The maximum absolute atomic E-state index is 13.6. The van der Waals surface area contributed by atoms with Gasteiger partial charge < -0.3 is 15.2 Å². The fraction of sp³-hybridized carbons (Fsp3) is 0.600. The van der Waals surface area contributed by atoms with Gasteiger partial charge in [-0.2, -0.15) is 0 Å². The first-order valence-corrected chi connectivity index (χ1v) is 5.09. The molecule has 90 valence electrons. The molecule has 5 nitrogen and oxygen atoms in total. The maximum atomic E-state index is 13.6. The van der Waals surface area contributed by atoms with Crippen molar-refractivity contribution in [1.29, 1.82) is 0 Å². The molecule has 0 saturated heterocycles. The Morgan fingerprint density at radius 3 is 2.94 bits per heavy atom. The van der Waals surface area contributed by atoms with Gasteiger partial charge in [-0.1, -0.05) is 6.92 Å². The van der Waals surface area contributed by atoms with Crippen LogP contribution in [0.4, 0.5) is 10.2 Å². The zero-order chi connectivity index (χ0) is 12.0. The normalized spacial score (nSPS) is 12.5. The van der Waals surface area contributed by atoms with E-state index in [0.717, 1.165) is 0 Å². The van der Waals surface area contributed by atoms with Gasteiger partial charge in [0.25, 0.3) is 0 Å². The summed E-state index contributed by atoms with van der Waals surface area (Å²) in [6.45, 7) is 2.19. The number of hydrogen-bond acceptors (Lipinski definition) is 5. The fourth-order valence-corrected chi connectivity index (χ4v) is 1.24. The summed E-state index contributed by atoms with van der Waals surface area (Å²) in [7, 11) is 1.49. The summed E-state index contributed by atoms with van der Waals surface area (Å²) >= 11 is 0. The largest absolute Gasteiger partial charge is 0.389 e. The van der Waals surface area contributed by atoms with Crippen molar-refractivity contribution in [3.8, 4) is 0 Å². The molecule has 0 aliphatic rings. The smallest absolute Gasteiger partial charge is 0.186 e. The van der Waals surface area contributed by atoms with Crippen molar-refractivity contribution < 1.29 is 14.2 Å². The molecule has 6 heteroatoms. The number of aliphatic hydroxyl groups is 1. The third-order valence-electron chi connectivity index (χ3n) is 2.06. The first-order valence-electron chi connectivity index (χ1n) is 5.09. The highest BCUT2D eigenvalue weighted by atomic mass is 19.1. The minimum Gasteiger partial charge on any atom is -0.389 e. The quantitative estimate of drug-likeness (QED) is 0.747. The molecule has 0 radical (unpaired) electrons. The van der Waals surface area contributed by atoms with Gasteiger partial charge in [0.15, 0.2) is 11.6 Å². The lowest BCUT2D eigenvalue weighted by Crippen LogP contribution is -2.25. The average Bonchev–Trinajstić information content (AvgIpc) is 2.28. The van der Waals surface area contributed by atoms with E-state index < -0.39 is 11.9 Å². The molecule has 2 N–H and O–H groups in total. The molecule has 0 aromatic carbocycles. The SMILES string of the molecule is CCc1ncnc(NCC(O)COC)c1F. The number of rotatable bonds is 6. The molecule has 1 heterocycles. The molecule has 0 bridgehead atoms. The van der Waals surface area contributed by atoms with Gasteiger partial charge in [-0.25, -0.2) is 14.4 Å². The molecule has 16 heavy (non-hydrogen) atoms. The Hall–Kier alpha value is -1.27. The van der Waals surface area contributed by atoms with E-state index in [1.54, 1.807) is 0 Å². The molecule has 1 unspecified atom stereocenters. The average molecular weight is 229 g/mol. The number of aliphatic hydroxyl groups excluding tert-OH is 1. The zero-order valence-corrected chi connectivity index (χ0v) is 9.40. The van der Waals surface area contributed by atoms with Crippen LogP contribution in [0.15, 0.2) is 6.33 Å². The topological polar surface area (TPSA) is 67.3 Å². The van der Waals surface area contributed by atoms with Crippen LogP contribution < -0.4 is 5.32 Å². The van der Waals surface area contributed by atoms with Crippen LogP contribution in [0.5, 0.6) is 0 Å². The molecule has 0 aliphatic heterocycles. The van der Waals surface area contributed by atoms with Gasteiger partial charge >= 0.3 is 0 Å². The number of anilines is 1. The van der Waals surface area contributed by atoms with E-state index in [-0.39, 0.29) is 19.0 Å². The van der Waals surface area contributed by atoms with Gasteiger partial charge in [0, 0.05) is 13.7 Å². The van der Waals surface area contributed by atoms with E-state index in [0.29, 0.717) is 12.1 Å². The molecule has 1 aromatic heterocycles. The van der Waals surface area contributed by atoms with Crippen LogP contribution in [-0.2, 0) is 11.2 Å². The minimum atomic E-state index is -0.690. The number of ether oxygens (including phenoxy) is 1. The first-order chi connectivity index (χ1) is 7.69. The predicted molar refractivity (Wildman–Crippen MR) is 57.7 cm³/mol. The summed E-state index contributed by atoms with van der Waals surface area (Å²) in [5, 5.41) is 12.1. The van der Waals surface area contributed by atoms with Crippen LogP contribution in [0.25, 0.3) is 0 Å². The molecule has 0 spiro atoms. The van der Waals surface area contributed by atoms with Crippen LogP contribution in [0, 0.1) is 5.82 Å². The lowest BCUT2D eigenvalue weighted by molar-refractivity contribution is 0.0726. The highest BCUT2D eigenvalue weighted by molar-refractivity contribution is 5.37. The summed E-state index contributed by atoms with van der Waals surface area (Å²) in [5.74, 6) is -0.350. The molecule has 0 fully saturated rings. The predicted octanol–water partition coefficient (Wildman–Crippen LogP) is 0.597. The van der Waals surface area contributed by atoms with Crippen LogP contribution in [0.1, 0.15) is 12.6 Å². The number of halogens is 1. The third kappa shape index (κ3) is 3.39. The highest BCUT2D eigenvalue weighted by Gasteiger charge is 2.10. The number of nitrogens with one attached hydrogen (secondary N) is 1. The highest BCUT2D eigenvalue weighted by Crippen LogP contribution is 2.12. The Bertz CT molecular complexity index is 336. The van der Waals surface area contributed by atoms with Gasteiger partial charge in [-0.3, -0.25) is 0 Å². The van der Waals surface area contributed by atoms with Crippen molar-refractivity contribution in [3.63, 3.8) is 0 Å². The van der Waals surface area contributed by atoms with Gasteiger partial charge in [0.05, 0.1) is 18.4 Å². The van der Waals surface area contributed by atoms with E-state index in [1.165, 1.54) is 13.4 Å². The number of aryl methyl sites for hydroxylation is 1. The Labute approximate surface area is 93.7 Å². The molecule has 0 saturated carbocycles. The third-order valence-corrected chi connectivity index (χ3v) is 2.06. The van der Waals surface area contributed by atoms with E-state index in [9.17, 15) is 9.50 Å². The standard InChI is InChI=1S/C10H16FN3O2/c1-3-8-9(11)10(14-6-13-8)12-4-7(15)5-16-2/h6-7,15H,3-5H2,1-2H3,(H,12,13,14). The van der Waals surface area contributed by atoms with Crippen molar-refractivity contribution in [1.82, 2.24) is 9.97 Å². The van der Waals surface area contributed by atoms with E-state index in [1.807, 2.05) is 6.92 Å². The van der Waals surface area contributed by atoms with E-state index in [4.69, 9.17) is 4.74 Å². The van der Waals surface area contributed by atoms with Gasteiger partial charge in [-0.15, -0.1) is 0 Å². The molecular formula is C10H16FN3O2. The number of methoxy groups -OCH3 is 1. The van der Waals surface area contributed by atoms with Crippen molar-refractivity contribution in [2.24, 2.45) is 0 Å². The zero-order valence-electron chi connectivity index (χ0n) is 9.40. The van der Waals surface area contributed by atoms with E-state index in [2.05, 4.69) is 15.3 Å². The Morgan fingerprint density at radius 1 is 1.56 bits per heavy atom. The maximum Gasteiger partial charge on any atom is 0.186 e. The van der Waals surface area contributed by atoms with Crippen molar-refractivity contribution in [2.45, 2.75) is 19.4 Å². The molecule has 0 aliphatic carbocycles. The fourth-order valence-electron chi connectivity index (χ4n) is 1.24.